The Morgan fingerprint density at radius 1 is 1.41 bits per heavy atom. The predicted octanol–water partition coefficient (Wildman–Crippen LogP) is 1.55. The van der Waals surface area contributed by atoms with Gasteiger partial charge in [-0.25, -0.2) is 0 Å². The zero-order valence-electron chi connectivity index (χ0n) is 9.42. The number of nitrogens with zero attached hydrogens (tertiary/aromatic N) is 2. The van der Waals surface area contributed by atoms with Crippen LogP contribution < -0.4 is 5.73 Å². The fraction of sp³-hybridized carbons (Fsp3) is 0.455. The van der Waals surface area contributed by atoms with E-state index in [4.69, 9.17) is 15.0 Å². The first-order valence-electron chi connectivity index (χ1n) is 5.46. The summed E-state index contributed by atoms with van der Waals surface area (Å²) in [5.74, 6) is 1.24. The Kier molecular flexibility index (Phi) is 2.70. The van der Waals surface area contributed by atoms with Gasteiger partial charge in [0.15, 0.2) is 0 Å². The number of nitrogens with two attached hydrogens (primary N) is 1. The molecule has 17 heavy (non-hydrogen) atoms. The summed E-state index contributed by atoms with van der Waals surface area (Å²) in [5, 5.41) is 8.10. The van der Waals surface area contributed by atoms with Gasteiger partial charge in [-0.15, -0.1) is 0 Å². The minimum atomic E-state index is -0.0492. The standard InChI is InChI=1S/C11H13N3O2S/c1-6-4-17-5-8(6)10-13-11(16-14-10)7-2-15-3-9(7)12/h4-5,7,9H,2-3,12H2,1H3. The highest BCUT2D eigenvalue weighted by atomic mass is 32.1. The lowest BCUT2D eigenvalue weighted by atomic mass is 10.1. The lowest BCUT2D eigenvalue weighted by Gasteiger charge is -2.06. The number of aryl methyl sites for hydroxylation is 1. The molecule has 2 aromatic rings. The van der Waals surface area contributed by atoms with Crippen molar-refractivity contribution < 1.29 is 9.26 Å². The highest BCUT2D eigenvalue weighted by Crippen LogP contribution is 2.28. The zero-order chi connectivity index (χ0) is 11.8. The van der Waals surface area contributed by atoms with Gasteiger partial charge >= 0.3 is 0 Å². The maximum Gasteiger partial charge on any atom is 0.234 e. The Labute approximate surface area is 103 Å². The van der Waals surface area contributed by atoms with Crippen LogP contribution in [0, 0.1) is 6.92 Å². The molecule has 6 heteroatoms. The monoisotopic (exact) mass is 251 g/mol. The van der Waals surface area contributed by atoms with Gasteiger partial charge in [0, 0.05) is 17.0 Å². The van der Waals surface area contributed by atoms with E-state index in [0.717, 1.165) is 11.1 Å². The van der Waals surface area contributed by atoms with E-state index in [1.54, 1.807) is 11.3 Å². The van der Waals surface area contributed by atoms with Crippen molar-refractivity contribution in [1.82, 2.24) is 10.1 Å². The molecule has 2 unspecified atom stereocenters. The van der Waals surface area contributed by atoms with E-state index < -0.39 is 0 Å². The van der Waals surface area contributed by atoms with Crippen molar-refractivity contribution in [2.75, 3.05) is 13.2 Å². The second kappa shape index (κ2) is 4.21. The number of hydrogen-bond donors (Lipinski definition) is 1. The average Bonchev–Trinajstić information content (AvgIpc) is 2.97. The van der Waals surface area contributed by atoms with Crippen LogP contribution in [-0.2, 0) is 4.74 Å². The third kappa shape index (κ3) is 1.88. The molecule has 3 heterocycles. The molecule has 1 aliphatic rings. The minimum Gasteiger partial charge on any atom is -0.379 e. The molecule has 2 atom stereocenters. The summed E-state index contributed by atoms with van der Waals surface area (Å²) < 4.78 is 10.6. The fourth-order valence-electron chi connectivity index (χ4n) is 1.91. The van der Waals surface area contributed by atoms with Gasteiger partial charge in [0.2, 0.25) is 11.7 Å². The van der Waals surface area contributed by atoms with Crippen LogP contribution in [0.3, 0.4) is 0 Å². The molecule has 2 N–H and O–H groups in total. The number of hydrogen-bond acceptors (Lipinski definition) is 6. The highest BCUT2D eigenvalue weighted by Gasteiger charge is 2.31. The first-order chi connectivity index (χ1) is 8.25. The van der Waals surface area contributed by atoms with Crippen LogP contribution in [0.4, 0.5) is 0 Å². The largest absolute Gasteiger partial charge is 0.379 e. The number of aromatic nitrogens is 2. The Bertz CT molecular complexity index is 522. The summed E-state index contributed by atoms with van der Waals surface area (Å²) in [6.45, 7) is 3.15. The third-order valence-corrected chi connectivity index (χ3v) is 3.84. The Morgan fingerprint density at radius 3 is 2.94 bits per heavy atom. The molecule has 5 nitrogen and oxygen atoms in total. The van der Waals surface area contributed by atoms with Crippen molar-refractivity contribution in [3.63, 3.8) is 0 Å². The molecule has 0 saturated carbocycles. The van der Waals surface area contributed by atoms with E-state index >= 15 is 0 Å². The smallest absolute Gasteiger partial charge is 0.234 e. The highest BCUT2D eigenvalue weighted by molar-refractivity contribution is 7.08. The van der Waals surface area contributed by atoms with E-state index in [1.165, 1.54) is 0 Å². The van der Waals surface area contributed by atoms with Gasteiger partial charge in [0.1, 0.15) is 0 Å². The van der Waals surface area contributed by atoms with Crippen LogP contribution in [0.15, 0.2) is 15.3 Å². The summed E-state index contributed by atoms with van der Waals surface area (Å²) in [7, 11) is 0. The molecule has 3 rings (SSSR count). The van der Waals surface area contributed by atoms with Crippen molar-refractivity contribution in [2.45, 2.75) is 18.9 Å². The molecule has 0 spiro atoms. The van der Waals surface area contributed by atoms with Crippen LogP contribution in [0.25, 0.3) is 11.4 Å². The third-order valence-electron chi connectivity index (χ3n) is 2.98. The van der Waals surface area contributed by atoms with Crippen LogP contribution in [0.2, 0.25) is 0 Å². The van der Waals surface area contributed by atoms with Crippen molar-refractivity contribution >= 4 is 11.3 Å². The predicted molar refractivity (Wildman–Crippen MR) is 63.9 cm³/mol. The summed E-state index contributed by atoms with van der Waals surface area (Å²) >= 11 is 1.63. The average molecular weight is 251 g/mol. The Morgan fingerprint density at radius 2 is 2.29 bits per heavy atom. The van der Waals surface area contributed by atoms with E-state index in [0.29, 0.717) is 24.9 Å². The lowest BCUT2D eigenvalue weighted by Crippen LogP contribution is -2.26. The fourth-order valence-corrected chi connectivity index (χ4v) is 2.74. The molecular weight excluding hydrogens is 238 g/mol. The van der Waals surface area contributed by atoms with Crippen molar-refractivity contribution in [1.29, 1.82) is 0 Å². The minimum absolute atomic E-state index is 0.0233. The quantitative estimate of drug-likeness (QED) is 0.876. The number of rotatable bonds is 2. The second-order valence-corrected chi connectivity index (χ2v) is 4.98. The van der Waals surface area contributed by atoms with Gasteiger partial charge in [0.25, 0.3) is 0 Å². The van der Waals surface area contributed by atoms with Crippen molar-refractivity contribution in [3.05, 3.63) is 22.2 Å². The number of ether oxygens (including phenoxy) is 1. The van der Waals surface area contributed by atoms with Crippen molar-refractivity contribution in [2.24, 2.45) is 5.73 Å². The second-order valence-electron chi connectivity index (χ2n) is 4.23. The maximum atomic E-state index is 5.92. The topological polar surface area (TPSA) is 74.2 Å². The lowest BCUT2D eigenvalue weighted by molar-refractivity contribution is 0.187. The molecule has 0 bridgehead atoms. The summed E-state index contributed by atoms with van der Waals surface area (Å²) in [5.41, 5.74) is 8.10. The van der Waals surface area contributed by atoms with Crippen LogP contribution in [0.5, 0.6) is 0 Å². The van der Waals surface area contributed by atoms with E-state index in [-0.39, 0.29) is 12.0 Å². The number of thiophene rings is 1. The summed E-state index contributed by atoms with van der Waals surface area (Å²) in [6.07, 6.45) is 0. The van der Waals surface area contributed by atoms with Gasteiger partial charge < -0.3 is 15.0 Å². The van der Waals surface area contributed by atoms with Crippen LogP contribution >= 0.6 is 11.3 Å². The summed E-state index contributed by atoms with van der Waals surface area (Å²) in [4.78, 5) is 4.41. The molecule has 0 aliphatic carbocycles. The van der Waals surface area contributed by atoms with Crippen molar-refractivity contribution in [3.8, 4) is 11.4 Å². The molecule has 2 aromatic heterocycles. The van der Waals surface area contributed by atoms with Gasteiger partial charge in [-0.05, 0) is 17.9 Å². The molecule has 1 saturated heterocycles. The van der Waals surface area contributed by atoms with Gasteiger partial charge in [-0.2, -0.15) is 16.3 Å². The van der Waals surface area contributed by atoms with E-state index in [1.807, 2.05) is 12.3 Å². The first-order valence-corrected chi connectivity index (χ1v) is 6.40. The molecule has 1 aliphatic heterocycles. The van der Waals surface area contributed by atoms with E-state index in [2.05, 4.69) is 15.5 Å². The van der Waals surface area contributed by atoms with E-state index in [9.17, 15) is 0 Å². The maximum absolute atomic E-state index is 5.92. The van der Waals surface area contributed by atoms with Gasteiger partial charge in [0.05, 0.1) is 19.1 Å². The summed E-state index contributed by atoms with van der Waals surface area (Å²) in [6, 6.07) is -0.0492. The molecular formula is C11H13N3O2S. The van der Waals surface area contributed by atoms with Crippen LogP contribution in [-0.4, -0.2) is 29.4 Å². The Hall–Kier alpha value is -1.24. The molecule has 1 fully saturated rings. The molecule has 90 valence electrons. The molecule has 0 amide bonds. The van der Waals surface area contributed by atoms with Gasteiger partial charge in [-0.1, -0.05) is 5.16 Å². The molecule has 0 aromatic carbocycles. The Balaban J connectivity index is 1.90. The zero-order valence-corrected chi connectivity index (χ0v) is 10.2. The SMILES string of the molecule is Cc1cscc1-c1noc(C2COCC2N)n1. The first kappa shape index (κ1) is 10.9. The normalized spacial score (nSPS) is 24.4. The van der Waals surface area contributed by atoms with Crippen LogP contribution in [0.1, 0.15) is 17.4 Å². The molecule has 0 radical (unpaired) electrons. The van der Waals surface area contributed by atoms with Gasteiger partial charge in [-0.3, -0.25) is 0 Å².